The van der Waals surface area contributed by atoms with Gasteiger partial charge in [0.15, 0.2) is 0 Å². The van der Waals surface area contributed by atoms with Crippen LogP contribution in [0.3, 0.4) is 0 Å². The Labute approximate surface area is 109 Å². The van der Waals surface area contributed by atoms with Crippen molar-refractivity contribution in [3.8, 4) is 0 Å². The van der Waals surface area contributed by atoms with Gasteiger partial charge in [0.25, 0.3) is 0 Å². The number of H-pyrrole nitrogens is 1. The maximum atomic E-state index is 13.6. The molecule has 0 unspecified atom stereocenters. The van der Waals surface area contributed by atoms with E-state index in [1.807, 2.05) is 0 Å². The lowest BCUT2D eigenvalue weighted by Crippen LogP contribution is -1.98. The van der Waals surface area contributed by atoms with E-state index in [0.717, 1.165) is 0 Å². The number of nitrogens with zero attached hydrogens (tertiary/aromatic N) is 1. The van der Waals surface area contributed by atoms with Gasteiger partial charge in [-0.05, 0) is 30.7 Å². The van der Waals surface area contributed by atoms with E-state index in [1.165, 1.54) is 18.2 Å². The quantitative estimate of drug-likeness (QED) is 0.521. The minimum Gasteiger partial charge on any atom is -0.463 e. The lowest BCUT2D eigenvalue weighted by atomic mass is 10.1. The maximum absolute atomic E-state index is 13.6. The highest BCUT2D eigenvalue weighted by Crippen LogP contribution is 2.27. The Balaban J connectivity index is 2.38. The van der Waals surface area contributed by atoms with Gasteiger partial charge in [0.05, 0.1) is 13.2 Å². The van der Waals surface area contributed by atoms with Gasteiger partial charge >= 0.3 is 5.97 Å². The molecule has 0 atom stereocenters. The minimum atomic E-state index is -0.576. The molecule has 0 radical (unpaired) electrons. The molecule has 0 aliphatic heterocycles. The van der Waals surface area contributed by atoms with Crippen molar-refractivity contribution in [1.29, 1.82) is 0 Å². The van der Waals surface area contributed by atoms with E-state index in [2.05, 4.69) is 9.83 Å². The predicted octanol–water partition coefficient (Wildman–Crippen LogP) is 3.43. The number of esters is 1. The summed E-state index contributed by atoms with van der Waals surface area (Å²) >= 11 is 0. The molecule has 0 aliphatic rings. The summed E-state index contributed by atoms with van der Waals surface area (Å²) in [6.07, 6.45) is 4.48. The smallest absolute Gasteiger partial charge is 0.330 e. The molecule has 1 aromatic carbocycles. The van der Waals surface area contributed by atoms with Gasteiger partial charge in [-0.2, -0.15) is 0 Å². The molecular formula is C14H11FN2O2. The molecule has 0 saturated heterocycles. The first-order chi connectivity index (χ1) is 9.15. The molecule has 0 bridgehead atoms. The Morgan fingerprint density at radius 2 is 2.37 bits per heavy atom. The van der Waals surface area contributed by atoms with E-state index in [-0.39, 0.29) is 5.69 Å². The number of rotatable bonds is 3. The van der Waals surface area contributed by atoms with Gasteiger partial charge in [0, 0.05) is 23.2 Å². The van der Waals surface area contributed by atoms with Crippen molar-refractivity contribution in [2.24, 2.45) is 0 Å². The van der Waals surface area contributed by atoms with Gasteiger partial charge in [0.1, 0.15) is 5.82 Å². The van der Waals surface area contributed by atoms with Crippen LogP contribution in [0.2, 0.25) is 0 Å². The second kappa shape index (κ2) is 5.36. The molecule has 0 amide bonds. The molecule has 0 aliphatic carbocycles. The largest absolute Gasteiger partial charge is 0.463 e. The highest BCUT2D eigenvalue weighted by Gasteiger charge is 2.08. The number of benzene rings is 1. The van der Waals surface area contributed by atoms with Crippen molar-refractivity contribution in [3.63, 3.8) is 0 Å². The molecule has 2 aromatic rings. The molecule has 1 N–H and O–H groups in total. The first-order valence-corrected chi connectivity index (χ1v) is 5.68. The number of carbonyl (C=O) groups excluding carboxylic acids is 1. The van der Waals surface area contributed by atoms with Crippen LogP contribution < -0.4 is 0 Å². The number of carbonyl (C=O) groups is 1. The van der Waals surface area contributed by atoms with E-state index in [4.69, 9.17) is 11.3 Å². The highest BCUT2D eigenvalue weighted by atomic mass is 19.1. The maximum Gasteiger partial charge on any atom is 0.330 e. The molecule has 1 heterocycles. The SMILES string of the molecule is [C-]#[N+]c1cc2[nH]cc(C=CC(=O)OCC)c2cc1F. The number of hydrogen-bond acceptors (Lipinski definition) is 2. The van der Waals surface area contributed by atoms with E-state index >= 15 is 0 Å². The third-order valence-corrected chi connectivity index (χ3v) is 2.59. The van der Waals surface area contributed by atoms with Gasteiger partial charge in [-0.3, -0.25) is 0 Å². The predicted molar refractivity (Wildman–Crippen MR) is 70.2 cm³/mol. The molecule has 5 heteroatoms. The number of nitrogens with one attached hydrogen (secondary N) is 1. The Hall–Kier alpha value is -2.61. The van der Waals surface area contributed by atoms with Gasteiger partial charge in [-0.15, -0.1) is 0 Å². The lowest BCUT2D eigenvalue weighted by Gasteiger charge is -1.97. The van der Waals surface area contributed by atoms with Crippen molar-refractivity contribution >= 4 is 28.6 Å². The summed E-state index contributed by atoms with van der Waals surface area (Å²) in [5.74, 6) is -1.03. The zero-order valence-corrected chi connectivity index (χ0v) is 10.2. The zero-order valence-electron chi connectivity index (χ0n) is 10.2. The fourth-order valence-corrected chi connectivity index (χ4v) is 1.73. The summed E-state index contributed by atoms with van der Waals surface area (Å²) in [6, 6.07) is 2.73. The lowest BCUT2D eigenvalue weighted by molar-refractivity contribution is -0.137. The summed E-state index contributed by atoms with van der Waals surface area (Å²) in [5.41, 5.74) is 1.28. The van der Waals surface area contributed by atoms with E-state index in [1.54, 1.807) is 19.2 Å². The number of fused-ring (bicyclic) bond motifs is 1. The summed E-state index contributed by atoms with van der Waals surface area (Å²) < 4.78 is 18.3. The summed E-state index contributed by atoms with van der Waals surface area (Å²) in [5, 5.41) is 0.616. The molecular weight excluding hydrogens is 247 g/mol. The highest BCUT2D eigenvalue weighted by molar-refractivity contribution is 5.95. The van der Waals surface area contributed by atoms with Crippen LogP contribution in [-0.4, -0.2) is 17.6 Å². The molecule has 96 valence electrons. The number of ether oxygens (including phenoxy) is 1. The van der Waals surface area contributed by atoms with Crippen LogP contribution in [0.4, 0.5) is 10.1 Å². The van der Waals surface area contributed by atoms with Crippen LogP contribution in [0, 0.1) is 12.4 Å². The Morgan fingerprint density at radius 3 is 3.05 bits per heavy atom. The van der Waals surface area contributed by atoms with Crippen LogP contribution in [-0.2, 0) is 9.53 Å². The van der Waals surface area contributed by atoms with Gasteiger partial charge < -0.3 is 9.72 Å². The number of halogens is 1. The Kier molecular flexibility index (Phi) is 3.62. The van der Waals surface area contributed by atoms with Gasteiger partial charge in [-0.25, -0.2) is 14.0 Å². The third kappa shape index (κ3) is 2.63. The first-order valence-electron chi connectivity index (χ1n) is 5.68. The number of aromatic nitrogens is 1. The minimum absolute atomic E-state index is 0.0322. The van der Waals surface area contributed by atoms with Gasteiger partial charge in [0.2, 0.25) is 5.69 Å². The molecule has 19 heavy (non-hydrogen) atoms. The Morgan fingerprint density at radius 1 is 1.58 bits per heavy atom. The van der Waals surface area contributed by atoms with Crippen LogP contribution in [0.25, 0.3) is 21.8 Å². The third-order valence-electron chi connectivity index (χ3n) is 2.59. The fourth-order valence-electron chi connectivity index (χ4n) is 1.73. The topological polar surface area (TPSA) is 46.5 Å². The molecule has 1 aromatic heterocycles. The van der Waals surface area contributed by atoms with Crippen molar-refractivity contribution < 1.29 is 13.9 Å². The van der Waals surface area contributed by atoms with Crippen molar-refractivity contribution in [2.75, 3.05) is 6.61 Å². The average Bonchev–Trinajstić information content (AvgIpc) is 2.78. The van der Waals surface area contributed by atoms with E-state index < -0.39 is 11.8 Å². The zero-order chi connectivity index (χ0) is 13.8. The van der Waals surface area contributed by atoms with Crippen LogP contribution in [0.15, 0.2) is 24.4 Å². The molecule has 2 rings (SSSR count). The second-order valence-electron chi connectivity index (χ2n) is 3.79. The van der Waals surface area contributed by atoms with Crippen molar-refractivity contribution in [2.45, 2.75) is 6.92 Å². The van der Waals surface area contributed by atoms with Crippen LogP contribution >= 0.6 is 0 Å². The van der Waals surface area contributed by atoms with Crippen LogP contribution in [0.1, 0.15) is 12.5 Å². The normalized spacial score (nSPS) is 10.8. The molecule has 0 fully saturated rings. The molecule has 0 saturated carbocycles. The summed E-state index contributed by atoms with van der Waals surface area (Å²) in [4.78, 5) is 17.2. The van der Waals surface area contributed by atoms with Crippen molar-refractivity contribution in [1.82, 2.24) is 4.98 Å². The number of aromatic amines is 1. The second-order valence-corrected chi connectivity index (χ2v) is 3.79. The fraction of sp³-hybridized carbons (Fsp3) is 0.143. The van der Waals surface area contributed by atoms with Gasteiger partial charge in [-0.1, -0.05) is 0 Å². The van der Waals surface area contributed by atoms with Crippen molar-refractivity contribution in [3.05, 3.63) is 47.2 Å². The van der Waals surface area contributed by atoms with Crippen LogP contribution in [0.5, 0.6) is 0 Å². The first kappa shape index (κ1) is 12.8. The monoisotopic (exact) mass is 258 g/mol. The number of hydrogen-bond donors (Lipinski definition) is 1. The Bertz CT molecular complexity index is 695. The average molecular weight is 258 g/mol. The summed E-state index contributed by atoms with van der Waals surface area (Å²) in [6.45, 7) is 8.87. The summed E-state index contributed by atoms with van der Waals surface area (Å²) in [7, 11) is 0. The molecule has 4 nitrogen and oxygen atoms in total. The van der Waals surface area contributed by atoms with E-state index in [9.17, 15) is 9.18 Å². The van der Waals surface area contributed by atoms with E-state index in [0.29, 0.717) is 23.1 Å². The standard InChI is InChI=1S/C14H11FN2O2/c1-3-19-14(18)5-4-9-8-17-12-7-13(16-2)11(15)6-10(9)12/h4-8,17H,3H2,1H3. The molecule has 0 spiro atoms.